The molecule has 20 heavy (non-hydrogen) atoms. The lowest BCUT2D eigenvalue weighted by molar-refractivity contribution is 0.903. The van der Waals surface area contributed by atoms with Crippen LogP contribution in [0.3, 0.4) is 0 Å². The highest BCUT2D eigenvalue weighted by atomic mass is 32.2. The molecule has 0 fully saturated rings. The van der Waals surface area contributed by atoms with Gasteiger partial charge in [-0.25, -0.2) is 0 Å². The average molecular weight is 279 g/mol. The first-order valence-electron chi connectivity index (χ1n) is 6.73. The van der Waals surface area contributed by atoms with Gasteiger partial charge in [-0.1, -0.05) is 48.2 Å². The molecule has 0 saturated heterocycles. The summed E-state index contributed by atoms with van der Waals surface area (Å²) in [4.78, 5) is 1.27. The van der Waals surface area contributed by atoms with Gasteiger partial charge in [-0.2, -0.15) is 0 Å². The van der Waals surface area contributed by atoms with Crippen molar-refractivity contribution >= 4 is 11.8 Å². The highest BCUT2D eigenvalue weighted by molar-refractivity contribution is 7.99. The van der Waals surface area contributed by atoms with Crippen molar-refractivity contribution in [1.82, 2.24) is 4.57 Å². The predicted octanol–water partition coefficient (Wildman–Crippen LogP) is 5.25. The molecule has 1 aromatic heterocycles. The van der Waals surface area contributed by atoms with E-state index in [0.717, 1.165) is 0 Å². The lowest BCUT2D eigenvalue weighted by Crippen LogP contribution is -1.98. The minimum Gasteiger partial charge on any atom is -0.308 e. The number of hydrogen-bond donors (Lipinski definition) is 0. The normalized spacial score (nSPS) is 10.7. The summed E-state index contributed by atoms with van der Waals surface area (Å²) in [5.74, 6) is 0. The smallest absolute Gasteiger partial charge is 0.0874 e. The molecule has 1 heterocycles. The maximum absolute atomic E-state index is 2.33. The minimum atomic E-state index is 1.22. The molecule has 1 nitrogen and oxygen atoms in total. The Balaban J connectivity index is 2.07. The summed E-state index contributed by atoms with van der Waals surface area (Å²) in [6.07, 6.45) is 0. The van der Waals surface area contributed by atoms with Crippen molar-refractivity contribution < 1.29 is 0 Å². The first kappa shape index (κ1) is 13.1. The topological polar surface area (TPSA) is 4.93 Å². The highest BCUT2D eigenvalue weighted by Crippen LogP contribution is 2.34. The third-order valence-electron chi connectivity index (χ3n) is 3.29. The first-order valence-corrected chi connectivity index (χ1v) is 7.54. The molecule has 0 atom stereocenters. The second kappa shape index (κ2) is 5.59. The number of para-hydroxylation sites is 1. The number of nitrogens with zero attached hydrogens (tertiary/aromatic N) is 1. The van der Waals surface area contributed by atoms with Crippen LogP contribution in [0.1, 0.15) is 11.3 Å². The van der Waals surface area contributed by atoms with Crippen LogP contribution in [0.4, 0.5) is 0 Å². The van der Waals surface area contributed by atoms with Gasteiger partial charge in [0.05, 0.1) is 5.03 Å². The van der Waals surface area contributed by atoms with Crippen molar-refractivity contribution in [1.29, 1.82) is 0 Å². The van der Waals surface area contributed by atoms with Gasteiger partial charge in [-0.15, -0.1) is 0 Å². The third-order valence-corrected chi connectivity index (χ3v) is 4.50. The fourth-order valence-corrected chi connectivity index (χ4v) is 3.48. The fourth-order valence-electron chi connectivity index (χ4n) is 2.40. The van der Waals surface area contributed by atoms with Gasteiger partial charge in [-0.05, 0) is 49.7 Å². The molecule has 0 unspecified atom stereocenters. The van der Waals surface area contributed by atoms with Crippen molar-refractivity contribution in [2.45, 2.75) is 23.8 Å². The molecule has 0 spiro atoms. The molecule has 2 aromatic carbocycles. The maximum Gasteiger partial charge on any atom is 0.0874 e. The molecule has 0 amide bonds. The standard InChI is InChI=1S/C18H17NS/c1-14-13-15(2)19(16-9-5-3-6-10-16)18(14)20-17-11-7-4-8-12-17/h3-13H,1-2H3. The van der Waals surface area contributed by atoms with E-state index in [1.54, 1.807) is 0 Å². The first-order chi connectivity index (χ1) is 9.75. The van der Waals surface area contributed by atoms with Crippen LogP contribution in [-0.4, -0.2) is 4.57 Å². The summed E-state index contributed by atoms with van der Waals surface area (Å²) >= 11 is 1.82. The van der Waals surface area contributed by atoms with E-state index in [4.69, 9.17) is 0 Å². The molecule has 3 rings (SSSR count). The molecule has 0 radical (unpaired) electrons. The quantitative estimate of drug-likeness (QED) is 0.634. The lowest BCUT2D eigenvalue weighted by Gasteiger charge is -2.12. The van der Waals surface area contributed by atoms with E-state index in [1.807, 2.05) is 11.8 Å². The summed E-state index contributed by atoms with van der Waals surface area (Å²) in [5, 5.41) is 1.29. The fraction of sp³-hybridized carbons (Fsp3) is 0.111. The monoisotopic (exact) mass is 279 g/mol. The molecule has 3 aromatic rings. The van der Waals surface area contributed by atoms with E-state index in [0.29, 0.717) is 0 Å². The number of hydrogen-bond acceptors (Lipinski definition) is 1. The van der Waals surface area contributed by atoms with E-state index >= 15 is 0 Å². The van der Waals surface area contributed by atoms with Crippen LogP contribution in [0, 0.1) is 13.8 Å². The Morgan fingerprint density at radius 1 is 0.800 bits per heavy atom. The summed E-state index contributed by atoms with van der Waals surface area (Å²) < 4.78 is 2.33. The van der Waals surface area contributed by atoms with Crippen molar-refractivity contribution in [2.24, 2.45) is 0 Å². The summed E-state index contributed by atoms with van der Waals surface area (Å²) in [6, 6.07) is 23.3. The average Bonchev–Trinajstić information content (AvgIpc) is 2.75. The summed E-state index contributed by atoms with van der Waals surface area (Å²) in [7, 11) is 0. The van der Waals surface area contributed by atoms with Crippen LogP contribution in [-0.2, 0) is 0 Å². The van der Waals surface area contributed by atoms with Gasteiger partial charge in [-0.3, -0.25) is 0 Å². The molecule has 2 heteroatoms. The van der Waals surface area contributed by atoms with Crippen molar-refractivity contribution in [3.63, 3.8) is 0 Å². The van der Waals surface area contributed by atoms with Crippen LogP contribution >= 0.6 is 11.8 Å². The van der Waals surface area contributed by atoms with Crippen LogP contribution in [0.2, 0.25) is 0 Å². The maximum atomic E-state index is 2.33. The van der Waals surface area contributed by atoms with Gasteiger partial charge < -0.3 is 4.57 Å². The molecule has 0 aliphatic heterocycles. The number of aryl methyl sites for hydroxylation is 2. The Kier molecular flexibility index (Phi) is 3.66. The Bertz CT molecular complexity index is 699. The number of rotatable bonds is 3. The molecule has 100 valence electrons. The second-order valence-electron chi connectivity index (χ2n) is 4.86. The zero-order valence-electron chi connectivity index (χ0n) is 11.7. The Hall–Kier alpha value is -1.93. The number of benzene rings is 2. The van der Waals surface area contributed by atoms with Crippen molar-refractivity contribution in [3.8, 4) is 5.69 Å². The Morgan fingerprint density at radius 2 is 1.40 bits per heavy atom. The predicted molar refractivity (Wildman–Crippen MR) is 85.8 cm³/mol. The van der Waals surface area contributed by atoms with E-state index in [-0.39, 0.29) is 0 Å². The van der Waals surface area contributed by atoms with Gasteiger partial charge in [0.15, 0.2) is 0 Å². The largest absolute Gasteiger partial charge is 0.308 e. The van der Waals surface area contributed by atoms with Crippen LogP contribution in [0.25, 0.3) is 5.69 Å². The number of aromatic nitrogens is 1. The minimum absolute atomic E-state index is 1.22. The molecule has 0 bridgehead atoms. The van der Waals surface area contributed by atoms with E-state index in [1.165, 1.54) is 26.9 Å². The van der Waals surface area contributed by atoms with E-state index in [2.05, 4.69) is 85.1 Å². The molecule has 0 N–H and O–H groups in total. The molecule has 0 aliphatic rings. The zero-order chi connectivity index (χ0) is 13.9. The molecular formula is C18H17NS. The molecule has 0 aliphatic carbocycles. The van der Waals surface area contributed by atoms with Gasteiger partial charge in [0.25, 0.3) is 0 Å². The SMILES string of the molecule is Cc1cc(C)n(-c2ccccc2)c1Sc1ccccc1. The second-order valence-corrected chi connectivity index (χ2v) is 5.92. The van der Waals surface area contributed by atoms with Gasteiger partial charge in [0.2, 0.25) is 0 Å². The van der Waals surface area contributed by atoms with Crippen LogP contribution < -0.4 is 0 Å². The summed E-state index contributed by atoms with van der Waals surface area (Å²) in [6.45, 7) is 4.34. The van der Waals surface area contributed by atoms with Crippen LogP contribution in [0.5, 0.6) is 0 Å². The highest BCUT2D eigenvalue weighted by Gasteiger charge is 2.12. The van der Waals surface area contributed by atoms with Crippen molar-refractivity contribution in [3.05, 3.63) is 78.0 Å². The summed E-state index contributed by atoms with van der Waals surface area (Å²) in [5.41, 5.74) is 3.81. The Morgan fingerprint density at radius 3 is 2.05 bits per heavy atom. The molecule has 0 saturated carbocycles. The molecular weight excluding hydrogens is 262 g/mol. The van der Waals surface area contributed by atoms with Crippen LogP contribution in [0.15, 0.2) is 76.7 Å². The van der Waals surface area contributed by atoms with Gasteiger partial charge >= 0.3 is 0 Å². The van der Waals surface area contributed by atoms with E-state index in [9.17, 15) is 0 Å². The zero-order valence-corrected chi connectivity index (χ0v) is 12.5. The van der Waals surface area contributed by atoms with Gasteiger partial charge in [0, 0.05) is 16.3 Å². The van der Waals surface area contributed by atoms with E-state index < -0.39 is 0 Å². The lowest BCUT2D eigenvalue weighted by atomic mass is 10.3. The van der Waals surface area contributed by atoms with Gasteiger partial charge in [0.1, 0.15) is 0 Å². The van der Waals surface area contributed by atoms with Crippen molar-refractivity contribution in [2.75, 3.05) is 0 Å². The Labute approximate surface area is 124 Å². The third kappa shape index (κ3) is 2.52.